The number of benzene rings is 1. The Balaban J connectivity index is 1.97. The summed E-state index contributed by atoms with van der Waals surface area (Å²) >= 11 is 0. The quantitative estimate of drug-likeness (QED) is 0.764. The van der Waals surface area contributed by atoms with E-state index in [0.717, 1.165) is 13.1 Å². The number of anilines is 2. The maximum absolute atomic E-state index is 13.3. The molecule has 1 aromatic carbocycles. The van der Waals surface area contributed by atoms with Gasteiger partial charge in [-0.1, -0.05) is 26.0 Å². The Morgan fingerprint density at radius 3 is 2.59 bits per heavy atom. The van der Waals surface area contributed by atoms with Crippen LogP contribution < -0.4 is 10.6 Å². The molecule has 0 saturated carbocycles. The van der Waals surface area contributed by atoms with Gasteiger partial charge in [-0.2, -0.15) is 5.10 Å². The van der Waals surface area contributed by atoms with Crippen LogP contribution in [-0.4, -0.2) is 50.2 Å². The van der Waals surface area contributed by atoms with Gasteiger partial charge in [0.2, 0.25) is 5.91 Å². The summed E-state index contributed by atoms with van der Waals surface area (Å²) in [5, 5.41) is 6.68. The minimum Gasteiger partial charge on any atom is -0.295 e. The van der Waals surface area contributed by atoms with Gasteiger partial charge in [-0.15, -0.1) is 0 Å². The van der Waals surface area contributed by atoms with Gasteiger partial charge in [-0.25, -0.2) is 19.4 Å². The van der Waals surface area contributed by atoms with E-state index in [1.54, 1.807) is 23.2 Å². The highest BCUT2D eigenvalue weighted by atomic mass is 16.2. The van der Waals surface area contributed by atoms with Crippen LogP contribution in [0, 0.1) is 0 Å². The molecule has 2 aromatic heterocycles. The molecule has 0 unspecified atom stereocenters. The van der Waals surface area contributed by atoms with Crippen molar-refractivity contribution in [3.8, 4) is 17.1 Å². The van der Waals surface area contributed by atoms with E-state index in [2.05, 4.69) is 15.2 Å². The molecule has 27 heavy (non-hydrogen) atoms. The fraction of sp³-hybridized carbons (Fsp3) is 0.263. The predicted molar refractivity (Wildman–Crippen MR) is 102 cm³/mol. The smallest absolute Gasteiger partial charge is 0.295 e. The van der Waals surface area contributed by atoms with E-state index in [1.165, 1.54) is 4.57 Å². The molecular weight excluding hydrogens is 344 g/mol. The third-order valence-corrected chi connectivity index (χ3v) is 4.78. The van der Waals surface area contributed by atoms with E-state index in [9.17, 15) is 9.59 Å². The number of pyridine rings is 1. The van der Waals surface area contributed by atoms with E-state index < -0.39 is 0 Å². The van der Waals surface area contributed by atoms with E-state index in [-0.39, 0.29) is 18.1 Å². The van der Waals surface area contributed by atoms with Crippen LogP contribution in [0.5, 0.6) is 0 Å². The zero-order chi connectivity index (χ0) is 19.0. The highest BCUT2D eigenvalue weighted by Gasteiger charge is 2.32. The van der Waals surface area contributed by atoms with Crippen LogP contribution in [0.1, 0.15) is 13.8 Å². The van der Waals surface area contributed by atoms with E-state index in [4.69, 9.17) is 0 Å². The molecule has 138 valence electrons. The number of para-hydroxylation sites is 2. The van der Waals surface area contributed by atoms with Gasteiger partial charge in [0.15, 0.2) is 11.6 Å². The van der Waals surface area contributed by atoms with Gasteiger partial charge >= 0.3 is 5.69 Å². The number of rotatable bonds is 4. The topological polar surface area (TPSA) is 87.1 Å². The molecule has 1 N–H and O–H groups in total. The molecule has 8 nitrogen and oxygen atoms in total. The standard InChI is InChI=1S/C19H20N6O2/c1-3-23(4-2)12-16(26)24-14-9-5-6-10-15(14)25-18(21-22-19(25)27)13-8-7-11-20-17(13)24/h5-11H,3-4,12H2,1-2H3,(H,22,27). The number of nitrogens with one attached hydrogen (secondary N) is 1. The molecule has 0 saturated heterocycles. The molecule has 1 aliphatic rings. The first kappa shape index (κ1) is 17.2. The third kappa shape index (κ3) is 2.74. The monoisotopic (exact) mass is 364 g/mol. The molecule has 1 amide bonds. The van der Waals surface area contributed by atoms with Crippen LogP contribution >= 0.6 is 0 Å². The normalized spacial score (nSPS) is 12.3. The van der Waals surface area contributed by atoms with Gasteiger partial charge in [0, 0.05) is 6.20 Å². The Morgan fingerprint density at radius 2 is 1.85 bits per heavy atom. The molecule has 8 heteroatoms. The lowest BCUT2D eigenvalue weighted by molar-refractivity contribution is -0.119. The summed E-state index contributed by atoms with van der Waals surface area (Å²) in [5.74, 6) is 0.807. The molecule has 3 aromatic rings. The number of aromatic amines is 1. The number of carbonyl (C=O) groups is 1. The highest BCUT2D eigenvalue weighted by Crippen LogP contribution is 2.39. The van der Waals surface area contributed by atoms with Gasteiger partial charge in [-0.05, 0) is 37.4 Å². The van der Waals surface area contributed by atoms with Crippen molar-refractivity contribution in [2.45, 2.75) is 13.8 Å². The maximum Gasteiger partial charge on any atom is 0.348 e. The minimum atomic E-state index is -0.356. The average Bonchev–Trinajstić information content (AvgIpc) is 3.02. The van der Waals surface area contributed by atoms with Crippen molar-refractivity contribution in [2.75, 3.05) is 24.5 Å². The van der Waals surface area contributed by atoms with Crippen LogP contribution in [0.3, 0.4) is 0 Å². The average molecular weight is 364 g/mol. The first-order chi connectivity index (χ1) is 13.2. The molecule has 0 radical (unpaired) electrons. The second-order valence-electron chi connectivity index (χ2n) is 6.24. The van der Waals surface area contributed by atoms with Crippen LogP contribution in [0.15, 0.2) is 47.4 Å². The molecule has 0 spiro atoms. The SMILES string of the molecule is CCN(CC)CC(=O)N1c2ccccc2-n2c(n[nH]c2=O)-c2cccnc21. The van der Waals surface area contributed by atoms with Crippen molar-refractivity contribution in [3.05, 3.63) is 53.1 Å². The van der Waals surface area contributed by atoms with Crippen molar-refractivity contribution < 1.29 is 4.79 Å². The molecular formula is C19H20N6O2. The fourth-order valence-electron chi connectivity index (χ4n) is 3.37. The van der Waals surface area contributed by atoms with Gasteiger partial charge in [0.25, 0.3) is 0 Å². The van der Waals surface area contributed by atoms with Gasteiger partial charge in [0.1, 0.15) is 0 Å². The first-order valence-corrected chi connectivity index (χ1v) is 8.93. The highest BCUT2D eigenvalue weighted by molar-refractivity contribution is 6.06. The number of likely N-dealkylation sites (N-methyl/N-ethyl adjacent to an activating group) is 1. The molecule has 3 heterocycles. The summed E-state index contributed by atoms with van der Waals surface area (Å²) in [4.78, 5) is 33.8. The number of amides is 1. The minimum absolute atomic E-state index is 0.103. The molecule has 0 bridgehead atoms. The number of hydrogen-bond donors (Lipinski definition) is 1. The van der Waals surface area contributed by atoms with E-state index in [1.807, 2.05) is 43.0 Å². The van der Waals surface area contributed by atoms with Crippen molar-refractivity contribution in [1.29, 1.82) is 0 Å². The lowest BCUT2D eigenvalue weighted by atomic mass is 10.2. The zero-order valence-electron chi connectivity index (χ0n) is 15.2. The van der Waals surface area contributed by atoms with Gasteiger partial charge in [-0.3, -0.25) is 14.6 Å². The zero-order valence-corrected chi connectivity index (χ0v) is 15.2. The summed E-state index contributed by atoms with van der Waals surface area (Å²) < 4.78 is 1.49. The van der Waals surface area contributed by atoms with E-state index >= 15 is 0 Å². The van der Waals surface area contributed by atoms with Crippen LogP contribution in [0.25, 0.3) is 17.1 Å². The number of carbonyl (C=O) groups excluding carboxylic acids is 1. The van der Waals surface area contributed by atoms with Crippen LogP contribution in [-0.2, 0) is 4.79 Å². The summed E-state index contributed by atoms with van der Waals surface area (Å²) in [6.45, 7) is 5.85. The van der Waals surface area contributed by atoms with Crippen LogP contribution in [0.2, 0.25) is 0 Å². The summed E-state index contributed by atoms with van der Waals surface area (Å²) in [6, 6.07) is 10.9. The lowest BCUT2D eigenvalue weighted by Crippen LogP contribution is -2.38. The van der Waals surface area contributed by atoms with Crippen molar-refractivity contribution >= 4 is 17.4 Å². The predicted octanol–water partition coefficient (Wildman–Crippen LogP) is 1.94. The lowest BCUT2D eigenvalue weighted by Gasteiger charge is -2.26. The molecule has 1 aliphatic heterocycles. The summed E-state index contributed by atoms with van der Waals surface area (Å²) in [6.07, 6.45) is 1.64. The number of nitrogens with zero attached hydrogens (tertiary/aromatic N) is 5. The van der Waals surface area contributed by atoms with Crippen molar-refractivity contribution in [3.63, 3.8) is 0 Å². The number of H-pyrrole nitrogens is 1. The fourth-order valence-corrected chi connectivity index (χ4v) is 3.37. The molecule has 0 atom stereocenters. The van der Waals surface area contributed by atoms with Gasteiger partial charge < -0.3 is 0 Å². The first-order valence-electron chi connectivity index (χ1n) is 8.93. The number of fused-ring (bicyclic) bond motifs is 5. The molecule has 0 aliphatic carbocycles. The molecule has 4 rings (SSSR count). The Kier molecular flexibility index (Phi) is 4.33. The Labute approximate surface area is 156 Å². The molecule has 0 fully saturated rings. The second kappa shape index (κ2) is 6.81. The van der Waals surface area contributed by atoms with Gasteiger partial charge in [0.05, 0.1) is 23.5 Å². The largest absolute Gasteiger partial charge is 0.348 e. The third-order valence-electron chi connectivity index (χ3n) is 4.78. The Hall–Kier alpha value is -3.26. The van der Waals surface area contributed by atoms with Crippen molar-refractivity contribution in [1.82, 2.24) is 24.6 Å². The van der Waals surface area contributed by atoms with Crippen molar-refractivity contribution in [2.24, 2.45) is 0 Å². The Morgan fingerprint density at radius 1 is 1.11 bits per heavy atom. The van der Waals surface area contributed by atoms with Crippen LogP contribution in [0.4, 0.5) is 11.5 Å². The summed E-state index contributed by atoms with van der Waals surface area (Å²) in [7, 11) is 0. The number of hydrogen-bond acceptors (Lipinski definition) is 5. The maximum atomic E-state index is 13.3. The van der Waals surface area contributed by atoms with E-state index in [0.29, 0.717) is 28.6 Å². The summed E-state index contributed by atoms with van der Waals surface area (Å²) in [5.41, 5.74) is 1.47. The second-order valence-corrected chi connectivity index (χ2v) is 6.24. The number of aromatic nitrogens is 4. The Bertz CT molecular complexity index is 1050.